The third kappa shape index (κ3) is 4.59. The number of amidine groups is 2. The first-order valence-electron chi connectivity index (χ1n) is 9.71. The van der Waals surface area contributed by atoms with Crippen molar-refractivity contribution >= 4 is 22.6 Å². The highest BCUT2D eigenvalue weighted by molar-refractivity contribution is 6.02. The second-order valence-electron chi connectivity index (χ2n) is 7.63. The highest BCUT2D eigenvalue weighted by Gasteiger charge is 2.15. The predicted octanol–water partition coefficient (Wildman–Crippen LogP) is 4.76. The molecule has 0 unspecified atom stereocenters. The molecule has 0 saturated carbocycles. The average molecular weight is 393 g/mol. The summed E-state index contributed by atoms with van der Waals surface area (Å²) < 4.78 is 11.6. The fraction of sp³-hybridized carbons (Fsp3) is 0.304. The van der Waals surface area contributed by atoms with Crippen molar-refractivity contribution in [2.75, 3.05) is 7.11 Å². The van der Waals surface area contributed by atoms with Crippen LogP contribution in [0.25, 0.3) is 22.3 Å². The maximum Gasteiger partial charge on any atom is 0.176 e. The van der Waals surface area contributed by atoms with Crippen LogP contribution in [0.4, 0.5) is 0 Å². The van der Waals surface area contributed by atoms with E-state index >= 15 is 0 Å². The molecule has 6 heteroatoms. The number of rotatable bonds is 6. The average Bonchev–Trinajstić information content (AvgIpc) is 3.10. The maximum atomic E-state index is 8.27. The minimum absolute atomic E-state index is 0.173. The van der Waals surface area contributed by atoms with Crippen molar-refractivity contribution in [2.45, 2.75) is 39.8 Å². The van der Waals surface area contributed by atoms with E-state index in [4.69, 9.17) is 20.0 Å². The Hall–Kier alpha value is -3.28. The Bertz CT molecular complexity index is 1030. The van der Waals surface area contributed by atoms with Gasteiger partial charge in [0.05, 0.1) is 7.11 Å². The number of methoxy groups -OCH3 is 1. The number of nitrogens with one attached hydrogen (secondary N) is 4. The van der Waals surface area contributed by atoms with Crippen LogP contribution in [-0.2, 0) is 0 Å². The summed E-state index contributed by atoms with van der Waals surface area (Å²) in [6, 6.07) is 13.8. The molecule has 0 bridgehead atoms. The van der Waals surface area contributed by atoms with Gasteiger partial charge < -0.3 is 19.8 Å². The largest absolute Gasteiger partial charge is 0.493 e. The van der Waals surface area contributed by atoms with Crippen molar-refractivity contribution in [2.24, 2.45) is 0 Å². The van der Waals surface area contributed by atoms with Gasteiger partial charge in [0.2, 0.25) is 0 Å². The van der Waals surface area contributed by atoms with Gasteiger partial charge in [0.15, 0.2) is 11.3 Å². The van der Waals surface area contributed by atoms with E-state index in [1.807, 2.05) is 70.2 Å². The monoisotopic (exact) mass is 392 g/mol. The van der Waals surface area contributed by atoms with Crippen LogP contribution in [0.2, 0.25) is 0 Å². The van der Waals surface area contributed by atoms with Crippen LogP contribution in [0.1, 0.15) is 38.8 Å². The van der Waals surface area contributed by atoms with E-state index < -0.39 is 0 Å². The molecule has 0 aliphatic rings. The fourth-order valence-electron chi connectivity index (χ4n) is 3.10. The van der Waals surface area contributed by atoms with Gasteiger partial charge in [-0.1, -0.05) is 24.3 Å². The van der Waals surface area contributed by atoms with E-state index in [1.165, 1.54) is 0 Å². The molecule has 0 aliphatic carbocycles. The summed E-state index contributed by atoms with van der Waals surface area (Å²) >= 11 is 0. The lowest BCUT2D eigenvalue weighted by molar-refractivity contribution is 0.411. The molecule has 4 N–H and O–H groups in total. The number of hydrogen-bond donors (Lipinski definition) is 4. The molecule has 0 atom stereocenters. The molecule has 3 rings (SSSR count). The summed E-state index contributed by atoms with van der Waals surface area (Å²) in [7, 11) is 1.60. The molecule has 0 aliphatic heterocycles. The van der Waals surface area contributed by atoms with Crippen molar-refractivity contribution in [3.63, 3.8) is 0 Å². The van der Waals surface area contributed by atoms with Gasteiger partial charge in [-0.3, -0.25) is 10.8 Å². The van der Waals surface area contributed by atoms with Crippen molar-refractivity contribution in [3.8, 4) is 17.1 Å². The van der Waals surface area contributed by atoms with Gasteiger partial charge in [-0.25, -0.2) is 0 Å². The summed E-state index contributed by atoms with van der Waals surface area (Å²) in [5, 5.41) is 23.5. The second kappa shape index (κ2) is 8.39. The van der Waals surface area contributed by atoms with E-state index in [1.54, 1.807) is 7.11 Å². The standard InChI is InChI=1S/C23H28N4O2/c1-13(2)26-22(24)16-8-6-15(7-9-16)19-11-17-10-18(23(25)27-14(3)4)12-20(28-5)21(17)29-19/h6-14H,1-5H3,(H2,24,26)(H2,25,27). The molecular formula is C23H28N4O2. The lowest BCUT2D eigenvalue weighted by atomic mass is 10.1. The van der Waals surface area contributed by atoms with E-state index in [9.17, 15) is 0 Å². The second-order valence-corrected chi connectivity index (χ2v) is 7.63. The molecule has 6 nitrogen and oxygen atoms in total. The quantitative estimate of drug-likeness (QED) is 0.359. The lowest BCUT2D eigenvalue weighted by Gasteiger charge is -2.12. The summed E-state index contributed by atoms with van der Waals surface area (Å²) in [6.07, 6.45) is 0. The SMILES string of the molecule is COc1cc(C(=N)NC(C)C)cc2cc(-c3ccc(C(=N)NC(C)C)cc3)oc12. The zero-order valence-electron chi connectivity index (χ0n) is 17.5. The normalized spacial score (nSPS) is 11.1. The number of hydrogen-bond acceptors (Lipinski definition) is 4. The molecule has 2 aromatic carbocycles. The van der Waals surface area contributed by atoms with Gasteiger partial charge >= 0.3 is 0 Å². The fourth-order valence-corrected chi connectivity index (χ4v) is 3.10. The summed E-state index contributed by atoms with van der Waals surface area (Å²) in [6.45, 7) is 8.02. The number of benzene rings is 2. The Labute approximate surface area is 171 Å². The molecule has 0 radical (unpaired) electrons. The lowest BCUT2D eigenvalue weighted by Crippen LogP contribution is -2.30. The van der Waals surface area contributed by atoms with Crippen LogP contribution in [0.5, 0.6) is 5.75 Å². The zero-order valence-corrected chi connectivity index (χ0v) is 17.5. The third-order valence-electron chi connectivity index (χ3n) is 4.41. The molecule has 0 amide bonds. The van der Waals surface area contributed by atoms with E-state index in [2.05, 4.69) is 10.6 Å². The van der Waals surface area contributed by atoms with Crippen LogP contribution >= 0.6 is 0 Å². The van der Waals surface area contributed by atoms with Crippen molar-refractivity contribution < 1.29 is 9.15 Å². The zero-order chi connectivity index (χ0) is 21.1. The van der Waals surface area contributed by atoms with Crippen LogP contribution in [0, 0.1) is 10.8 Å². The Balaban J connectivity index is 1.94. The van der Waals surface area contributed by atoms with Gasteiger partial charge in [0.1, 0.15) is 17.4 Å². The van der Waals surface area contributed by atoms with E-state index in [0.717, 1.165) is 22.1 Å². The number of ether oxygens (including phenoxy) is 1. The Kier molecular flexibility index (Phi) is 5.92. The number of furan rings is 1. The molecule has 0 fully saturated rings. The van der Waals surface area contributed by atoms with Crippen molar-refractivity contribution in [1.82, 2.24) is 10.6 Å². The first-order valence-corrected chi connectivity index (χ1v) is 9.71. The highest BCUT2D eigenvalue weighted by atomic mass is 16.5. The first-order chi connectivity index (χ1) is 13.8. The molecule has 0 spiro atoms. The van der Waals surface area contributed by atoms with Crippen LogP contribution in [-0.4, -0.2) is 30.9 Å². The minimum Gasteiger partial charge on any atom is -0.493 e. The molecule has 152 valence electrons. The van der Waals surface area contributed by atoms with Crippen LogP contribution in [0.3, 0.4) is 0 Å². The molecule has 29 heavy (non-hydrogen) atoms. The Morgan fingerprint density at radius 2 is 1.45 bits per heavy atom. The molecule has 3 aromatic rings. The van der Waals surface area contributed by atoms with E-state index in [0.29, 0.717) is 28.8 Å². The van der Waals surface area contributed by atoms with Gasteiger partial charge in [0.25, 0.3) is 0 Å². The first kappa shape index (κ1) is 20.5. The Morgan fingerprint density at radius 1 is 0.862 bits per heavy atom. The Morgan fingerprint density at radius 3 is 2.00 bits per heavy atom. The molecule has 0 saturated heterocycles. The third-order valence-corrected chi connectivity index (χ3v) is 4.41. The molecule has 1 heterocycles. The van der Waals surface area contributed by atoms with Crippen molar-refractivity contribution in [3.05, 3.63) is 53.6 Å². The van der Waals surface area contributed by atoms with Gasteiger partial charge in [-0.05, 0) is 45.9 Å². The number of fused-ring (bicyclic) bond motifs is 1. The molecule has 1 aromatic heterocycles. The molecular weight excluding hydrogens is 364 g/mol. The maximum absolute atomic E-state index is 8.27. The van der Waals surface area contributed by atoms with Gasteiger partial charge in [-0.15, -0.1) is 0 Å². The van der Waals surface area contributed by atoms with E-state index in [-0.39, 0.29) is 12.1 Å². The van der Waals surface area contributed by atoms with Crippen LogP contribution in [0.15, 0.2) is 46.9 Å². The topological polar surface area (TPSA) is 94.1 Å². The summed E-state index contributed by atoms with van der Waals surface area (Å²) in [5.74, 6) is 2.06. The highest BCUT2D eigenvalue weighted by Crippen LogP contribution is 2.34. The summed E-state index contributed by atoms with van der Waals surface area (Å²) in [4.78, 5) is 0. The van der Waals surface area contributed by atoms with Crippen LogP contribution < -0.4 is 15.4 Å². The summed E-state index contributed by atoms with van der Waals surface area (Å²) in [5.41, 5.74) is 3.15. The van der Waals surface area contributed by atoms with Gasteiger partial charge in [0, 0.05) is 34.2 Å². The van der Waals surface area contributed by atoms with Crippen molar-refractivity contribution in [1.29, 1.82) is 10.8 Å². The predicted molar refractivity (Wildman–Crippen MR) is 118 cm³/mol. The minimum atomic E-state index is 0.173. The van der Waals surface area contributed by atoms with Gasteiger partial charge in [-0.2, -0.15) is 0 Å². The smallest absolute Gasteiger partial charge is 0.176 e.